The Morgan fingerprint density at radius 1 is 1.00 bits per heavy atom. The average molecular weight is 536 g/mol. The predicted molar refractivity (Wildman–Crippen MR) is 162 cm³/mol. The van der Waals surface area contributed by atoms with Crippen LogP contribution in [0.5, 0.6) is 5.75 Å². The van der Waals surface area contributed by atoms with Crippen LogP contribution in [0.4, 0.5) is 11.4 Å². The van der Waals surface area contributed by atoms with Crippen LogP contribution in [0.2, 0.25) is 0 Å². The molecule has 7 rings (SSSR count). The normalized spacial score (nSPS) is 24.3. The maximum absolute atomic E-state index is 11.0. The van der Waals surface area contributed by atoms with Crippen LogP contribution in [-0.2, 0) is 5.41 Å². The van der Waals surface area contributed by atoms with Crippen molar-refractivity contribution >= 4 is 34.4 Å². The fourth-order valence-corrected chi connectivity index (χ4v) is 6.75. The molecule has 7 nitrogen and oxygen atoms in total. The molecule has 1 saturated heterocycles. The summed E-state index contributed by atoms with van der Waals surface area (Å²) >= 11 is 0. The summed E-state index contributed by atoms with van der Waals surface area (Å²) in [6.45, 7) is 8.94. The number of rotatable bonds is 6. The fraction of sp³-hybridized carbons (Fsp3) is 0.364. The first-order chi connectivity index (χ1) is 19.5. The maximum Gasteiger partial charge on any atom is 0.134 e. The molecule has 4 aromatic rings. The summed E-state index contributed by atoms with van der Waals surface area (Å²) in [5.41, 5.74) is 7.44. The van der Waals surface area contributed by atoms with Crippen molar-refractivity contribution in [3.63, 3.8) is 0 Å². The van der Waals surface area contributed by atoms with Gasteiger partial charge in [-0.2, -0.15) is 5.10 Å². The van der Waals surface area contributed by atoms with Gasteiger partial charge in [-0.25, -0.2) is 0 Å². The number of anilines is 2. The Labute approximate surface area is 235 Å². The summed E-state index contributed by atoms with van der Waals surface area (Å²) in [6.07, 6.45) is 4.51. The number of aromatic amines is 1. The van der Waals surface area contributed by atoms with Crippen molar-refractivity contribution in [3.05, 3.63) is 83.0 Å². The molecule has 40 heavy (non-hydrogen) atoms. The average Bonchev–Trinajstić information content (AvgIpc) is 3.53. The third kappa shape index (κ3) is 4.16. The van der Waals surface area contributed by atoms with Gasteiger partial charge >= 0.3 is 0 Å². The molecular formula is C33H37N5O2. The lowest BCUT2D eigenvalue weighted by molar-refractivity contribution is 0.166. The van der Waals surface area contributed by atoms with Crippen LogP contribution < -0.4 is 15.0 Å². The topological polar surface area (TPSA) is 76.7 Å². The second-order valence-corrected chi connectivity index (χ2v) is 11.7. The molecule has 1 aromatic heterocycles. The molecular weight excluding hydrogens is 498 g/mol. The number of ether oxygens (including phenoxy) is 1. The molecule has 3 aliphatic rings. The molecule has 1 aliphatic carbocycles. The van der Waals surface area contributed by atoms with Gasteiger partial charge in [0.1, 0.15) is 12.0 Å². The van der Waals surface area contributed by atoms with Gasteiger partial charge < -0.3 is 20.1 Å². The number of hydrogen-bond acceptors (Lipinski definition) is 6. The molecule has 1 saturated carbocycles. The monoisotopic (exact) mass is 535 g/mol. The number of nitrogens with zero attached hydrogens (tertiary/aromatic N) is 3. The lowest BCUT2D eigenvalue weighted by atomic mass is 9.91. The highest BCUT2D eigenvalue weighted by Crippen LogP contribution is 2.66. The minimum atomic E-state index is -0.605. The van der Waals surface area contributed by atoms with Crippen LogP contribution >= 0.6 is 0 Å². The zero-order chi connectivity index (χ0) is 27.4. The maximum atomic E-state index is 11.0. The van der Waals surface area contributed by atoms with E-state index in [2.05, 4.69) is 99.8 Å². The highest BCUT2D eigenvalue weighted by atomic mass is 16.5. The number of aliphatic hydroxyl groups excluding tert-OH is 1. The first-order valence-corrected chi connectivity index (χ1v) is 14.3. The zero-order valence-electron chi connectivity index (χ0n) is 23.4. The number of hydrogen-bond donors (Lipinski definition) is 3. The van der Waals surface area contributed by atoms with E-state index < -0.39 is 6.23 Å². The molecule has 3 aromatic carbocycles. The van der Waals surface area contributed by atoms with E-state index in [1.807, 2.05) is 12.1 Å². The van der Waals surface area contributed by atoms with Crippen molar-refractivity contribution in [3.8, 4) is 5.75 Å². The number of benzene rings is 3. The molecule has 0 bridgehead atoms. The van der Waals surface area contributed by atoms with Gasteiger partial charge in [0.2, 0.25) is 0 Å². The molecule has 3 atom stereocenters. The Balaban J connectivity index is 1.06. The number of piperazine rings is 1. The van der Waals surface area contributed by atoms with Crippen molar-refractivity contribution in [2.45, 2.75) is 43.9 Å². The number of aromatic nitrogens is 2. The number of nitrogens with one attached hydrogen (secondary N) is 2. The summed E-state index contributed by atoms with van der Waals surface area (Å²) in [5, 5.41) is 23.2. The van der Waals surface area contributed by atoms with Gasteiger partial charge in [0.05, 0.1) is 18.3 Å². The minimum absolute atomic E-state index is 0.238. The molecule has 2 aliphatic heterocycles. The van der Waals surface area contributed by atoms with Crippen LogP contribution in [0.25, 0.3) is 23.1 Å². The number of aliphatic hydroxyl groups is 1. The molecule has 206 valence electrons. The van der Waals surface area contributed by atoms with E-state index in [0.717, 1.165) is 71.8 Å². The quantitative estimate of drug-likeness (QED) is 0.305. The van der Waals surface area contributed by atoms with E-state index in [0.29, 0.717) is 6.04 Å². The standard InChI is InChI=1S/C33H37N5O2/c1-21(2)37-14-16-38(17-15-37)24-8-4-22(5-9-24)6-12-29-26-11-7-23(18-31(26)36-35-29)28-20-33(28)27-19-25(40-3)10-13-30(27)34-32(33)39/h4-13,18-19,21,28,32,34,39H,14-17,20H2,1-3H3,(H,35,36)/b12-6+/t28?,32?,33-/m0/s1. The molecule has 3 N–H and O–H groups in total. The van der Waals surface area contributed by atoms with Crippen molar-refractivity contribution in [1.29, 1.82) is 0 Å². The van der Waals surface area contributed by atoms with Gasteiger partial charge in [0.25, 0.3) is 0 Å². The third-order valence-corrected chi connectivity index (χ3v) is 9.27. The Morgan fingerprint density at radius 3 is 2.55 bits per heavy atom. The highest BCUT2D eigenvalue weighted by Gasteiger charge is 2.64. The van der Waals surface area contributed by atoms with E-state index >= 15 is 0 Å². The van der Waals surface area contributed by atoms with Crippen LogP contribution in [0.15, 0.2) is 60.7 Å². The fourth-order valence-electron chi connectivity index (χ4n) is 6.75. The number of H-pyrrole nitrogens is 1. The second kappa shape index (κ2) is 9.68. The molecule has 2 fully saturated rings. The predicted octanol–water partition coefficient (Wildman–Crippen LogP) is 5.44. The largest absolute Gasteiger partial charge is 0.497 e. The van der Waals surface area contributed by atoms with E-state index in [1.165, 1.54) is 11.3 Å². The van der Waals surface area contributed by atoms with Crippen molar-refractivity contribution < 1.29 is 9.84 Å². The summed E-state index contributed by atoms with van der Waals surface area (Å²) in [6, 6.07) is 22.0. The number of methoxy groups -OCH3 is 1. The Morgan fingerprint density at radius 2 is 1.80 bits per heavy atom. The molecule has 3 heterocycles. The van der Waals surface area contributed by atoms with E-state index in [-0.39, 0.29) is 11.3 Å². The first-order valence-electron chi connectivity index (χ1n) is 14.3. The van der Waals surface area contributed by atoms with Crippen LogP contribution in [0, 0.1) is 0 Å². The van der Waals surface area contributed by atoms with Gasteiger partial charge in [-0.3, -0.25) is 10.00 Å². The third-order valence-electron chi connectivity index (χ3n) is 9.27. The smallest absolute Gasteiger partial charge is 0.134 e. The lowest BCUT2D eigenvalue weighted by Gasteiger charge is -2.38. The molecule has 0 radical (unpaired) electrons. The minimum Gasteiger partial charge on any atom is -0.497 e. The van der Waals surface area contributed by atoms with Crippen molar-refractivity contribution in [1.82, 2.24) is 15.1 Å². The summed E-state index contributed by atoms with van der Waals surface area (Å²) in [5.74, 6) is 1.06. The van der Waals surface area contributed by atoms with Gasteiger partial charge in [0.15, 0.2) is 0 Å². The van der Waals surface area contributed by atoms with Crippen LogP contribution in [0.1, 0.15) is 48.6 Å². The van der Waals surface area contributed by atoms with E-state index in [4.69, 9.17) is 4.74 Å². The Bertz CT molecular complexity index is 1570. The summed E-state index contributed by atoms with van der Waals surface area (Å²) < 4.78 is 5.46. The lowest BCUT2D eigenvalue weighted by Crippen LogP contribution is -2.48. The zero-order valence-corrected chi connectivity index (χ0v) is 23.4. The molecule has 0 amide bonds. The molecule has 1 spiro atoms. The van der Waals surface area contributed by atoms with Crippen LogP contribution in [-0.4, -0.2) is 65.8 Å². The first kappa shape index (κ1) is 25.2. The van der Waals surface area contributed by atoms with Gasteiger partial charge in [-0.05, 0) is 85.4 Å². The second-order valence-electron chi connectivity index (χ2n) is 11.7. The SMILES string of the molecule is COc1ccc2c(c1)[C@]1(CC1c1ccc3c(/C=C/c4ccc(N5CCN(C(C)C)CC5)cc4)n[nH]c3c1)C(O)N2. The molecule has 7 heteroatoms. The van der Waals surface area contributed by atoms with Gasteiger partial charge in [0, 0.05) is 54.4 Å². The Hall–Kier alpha value is -3.81. The van der Waals surface area contributed by atoms with Crippen LogP contribution in [0.3, 0.4) is 0 Å². The number of fused-ring (bicyclic) bond motifs is 3. The van der Waals surface area contributed by atoms with Crippen molar-refractivity contribution in [2.75, 3.05) is 43.5 Å². The van der Waals surface area contributed by atoms with Gasteiger partial charge in [-0.15, -0.1) is 0 Å². The Kier molecular flexibility index (Phi) is 6.09. The highest BCUT2D eigenvalue weighted by molar-refractivity contribution is 5.90. The van der Waals surface area contributed by atoms with Gasteiger partial charge in [-0.1, -0.05) is 30.3 Å². The van der Waals surface area contributed by atoms with Crippen molar-refractivity contribution in [2.24, 2.45) is 0 Å². The van der Waals surface area contributed by atoms with E-state index in [1.54, 1.807) is 7.11 Å². The summed E-state index contributed by atoms with van der Waals surface area (Å²) in [7, 11) is 1.68. The van der Waals surface area contributed by atoms with E-state index in [9.17, 15) is 5.11 Å². The summed E-state index contributed by atoms with van der Waals surface area (Å²) in [4.78, 5) is 5.02. The molecule has 2 unspecified atom stereocenters.